The molecule has 3 rings (SSSR count). The Kier molecular flexibility index (Phi) is 7.36. The summed E-state index contributed by atoms with van der Waals surface area (Å²) >= 11 is 0. The smallest absolute Gasteiger partial charge is 0.121 e. The van der Waals surface area contributed by atoms with E-state index in [0.29, 0.717) is 6.61 Å². The molecule has 146 valence electrons. The van der Waals surface area contributed by atoms with E-state index in [9.17, 15) is 0 Å². The molecule has 0 aliphatic heterocycles. The molecule has 3 aromatic rings. The van der Waals surface area contributed by atoms with Crippen LogP contribution in [0.25, 0.3) is 0 Å². The third-order valence-electron chi connectivity index (χ3n) is 4.65. The second-order valence-electron chi connectivity index (χ2n) is 6.95. The molecular formula is C25H29NO2. The third-order valence-corrected chi connectivity index (χ3v) is 4.65. The van der Waals surface area contributed by atoms with Crippen LogP contribution in [0.1, 0.15) is 24.5 Å². The molecule has 3 aromatic carbocycles. The predicted molar refractivity (Wildman–Crippen MR) is 116 cm³/mol. The Morgan fingerprint density at radius 1 is 0.857 bits per heavy atom. The molecule has 0 radical (unpaired) electrons. The molecule has 0 heterocycles. The van der Waals surface area contributed by atoms with Crippen molar-refractivity contribution >= 4 is 5.69 Å². The van der Waals surface area contributed by atoms with Crippen molar-refractivity contribution in [3.05, 3.63) is 90.0 Å². The van der Waals surface area contributed by atoms with Crippen LogP contribution in [0, 0.1) is 6.92 Å². The topological polar surface area (TPSA) is 30.5 Å². The molecule has 3 nitrogen and oxygen atoms in total. The highest BCUT2D eigenvalue weighted by Crippen LogP contribution is 2.19. The minimum atomic E-state index is 0.116. The average molecular weight is 376 g/mol. The Morgan fingerprint density at radius 2 is 1.64 bits per heavy atom. The van der Waals surface area contributed by atoms with Crippen LogP contribution < -0.4 is 14.8 Å². The Bertz CT molecular complexity index is 831. The van der Waals surface area contributed by atoms with Crippen LogP contribution >= 0.6 is 0 Å². The number of hydrogen-bond acceptors (Lipinski definition) is 3. The zero-order valence-electron chi connectivity index (χ0n) is 16.7. The summed E-state index contributed by atoms with van der Waals surface area (Å²) in [4.78, 5) is 0. The SMILES string of the molecule is CCC(CNc1cccc(OCCc2ccccc2)c1)Oc1ccc(C)cc1. The summed E-state index contributed by atoms with van der Waals surface area (Å²) in [7, 11) is 0. The first kappa shape index (κ1) is 19.8. The van der Waals surface area contributed by atoms with Gasteiger partial charge in [0, 0.05) is 18.2 Å². The standard InChI is InChI=1S/C25H29NO2/c1-3-23(28-24-14-12-20(2)13-15-24)19-26-22-10-7-11-25(18-22)27-17-16-21-8-5-4-6-9-21/h4-15,18,23,26H,3,16-17,19H2,1-2H3. The fraction of sp³-hybridized carbons (Fsp3) is 0.280. The van der Waals surface area contributed by atoms with Crippen LogP contribution in [0.15, 0.2) is 78.9 Å². The van der Waals surface area contributed by atoms with E-state index in [1.165, 1.54) is 11.1 Å². The van der Waals surface area contributed by atoms with Crippen molar-refractivity contribution in [2.24, 2.45) is 0 Å². The van der Waals surface area contributed by atoms with Gasteiger partial charge in [-0.15, -0.1) is 0 Å². The van der Waals surface area contributed by atoms with Gasteiger partial charge in [0.25, 0.3) is 0 Å². The normalized spacial score (nSPS) is 11.6. The molecule has 0 saturated carbocycles. The monoisotopic (exact) mass is 375 g/mol. The van der Waals surface area contributed by atoms with E-state index >= 15 is 0 Å². The molecule has 0 bridgehead atoms. The predicted octanol–water partition coefficient (Wildman–Crippen LogP) is 5.89. The highest BCUT2D eigenvalue weighted by molar-refractivity contribution is 5.48. The lowest BCUT2D eigenvalue weighted by Gasteiger charge is -2.19. The Hall–Kier alpha value is -2.94. The molecule has 1 atom stereocenters. The van der Waals surface area contributed by atoms with Crippen molar-refractivity contribution in [2.45, 2.75) is 32.8 Å². The van der Waals surface area contributed by atoms with Gasteiger partial charge in [0.05, 0.1) is 13.2 Å². The molecule has 0 amide bonds. The molecule has 0 saturated heterocycles. The van der Waals surface area contributed by atoms with Gasteiger partial charge in [-0.25, -0.2) is 0 Å². The Labute approximate surface area is 168 Å². The lowest BCUT2D eigenvalue weighted by atomic mass is 10.2. The Balaban J connectivity index is 1.48. The van der Waals surface area contributed by atoms with E-state index in [4.69, 9.17) is 9.47 Å². The zero-order valence-corrected chi connectivity index (χ0v) is 16.7. The summed E-state index contributed by atoms with van der Waals surface area (Å²) in [5, 5.41) is 3.47. The number of nitrogens with one attached hydrogen (secondary N) is 1. The molecule has 1 N–H and O–H groups in total. The van der Waals surface area contributed by atoms with Crippen LogP contribution in [0.5, 0.6) is 11.5 Å². The van der Waals surface area contributed by atoms with Crippen molar-refractivity contribution in [3.8, 4) is 11.5 Å². The van der Waals surface area contributed by atoms with E-state index in [0.717, 1.165) is 36.6 Å². The van der Waals surface area contributed by atoms with Crippen LogP contribution in [-0.2, 0) is 6.42 Å². The fourth-order valence-corrected chi connectivity index (χ4v) is 2.94. The molecule has 0 spiro atoms. The number of aryl methyl sites for hydroxylation is 1. The Morgan fingerprint density at radius 3 is 2.39 bits per heavy atom. The van der Waals surface area contributed by atoms with Gasteiger partial charge in [0.15, 0.2) is 0 Å². The van der Waals surface area contributed by atoms with E-state index in [-0.39, 0.29) is 6.10 Å². The van der Waals surface area contributed by atoms with Crippen LogP contribution in [0.2, 0.25) is 0 Å². The minimum absolute atomic E-state index is 0.116. The minimum Gasteiger partial charge on any atom is -0.493 e. The summed E-state index contributed by atoms with van der Waals surface area (Å²) in [6.45, 7) is 5.64. The van der Waals surface area contributed by atoms with Gasteiger partial charge in [-0.1, -0.05) is 61.0 Å². The molecule has 3 heteroatoms. The van der Waals surface area contributed by atoms with Crippen LogP contribution in [0.3, 0.4) is 0 Å². The van der Waals surface area contributed by atoms with Gasteiger partial charge in [-0.2, -0.15) is 0 Å². The zero-order chi connectivity index (χ0) is 19.6. The van der Waals surface area contributed by atoms with Crippen molar-refractivity contribution in [3.63, 3.8) is 0 Å². The average Bonchev–Trinajstić information content (AvgIpc) is 2.73. The number of rotatable bonds is 10. The molecule has 0 aliphatic rings. The first-order chi connectivity index (χ1) is 13.7. The highest BCUT2D eigenvalue weighted by Gasteiger charge is 2.08. The highest BCUT2D eigenvalue weighted by atomic mass is 16.5. The summed E-state index contributed by atoms with van der Waals surface area (Å²) in [6.07, 6.45) is 1.96. The molecular weight excluding hydrogens is 346 g/mol. The molecule has 0 aliphatic carbocycles. The van der Waals surface area contributed by atoms with Gasteiger partial charge < -0.3 is 14.8 Å². The van der Waals surface area contributed by atoms with E-state index in [1.54, 1.807) is 0 Å². The second kappa shape index (κ2) is 10.4. The van der Waals surface area contributed by atoms with Crippen molar-refractivity contribution in [2.75, 3.05) is 18.5 Å². The van der Waals surface area contributed by atoms with Gasteiger partial charge in [0.1, 0.15) is 17.6 Å². The number of benzene rings is 3. The lowest BCUT2D eigenvalue weighted by molar-refractivity contribution is 0.210. The van der Waals surface area contributed by atoms with E-state index < -0.39 is 0 Å². The van der Waals surface area contributed by atoms with Crippen molar-refractivity contribution < 1.29 is 9.47 Å². The van der Waals surface area contributed by atoms with Crippen LogP contribution in [0.4, 0.5) is 5.69 Å². The van der Waals surface area contributed by atoms with Gasteiger partial charge in [-0.05, 0) is 43.2 Å². The molecule has 0 aromatic heterocycles. The largest absolute Gasteiger partial charge is 0.493 e. The third kappa shape index (κ3) is 6.34. The number of hydrogen-bond donors (Lipinski definition) is 1. The quantitative estimate of drug-likeness (QED) is 0.479. The first-order valence-electron chi connectivity index (χ1n) is 9.97. The maximum atomic E-state index is 6.09. The summed E-state index contributed by atoms with van der Waals surface area (Å²) in [5.41, 5.74) is 3.57. The van der Waals surface area contributed by atoms with Crippen molar-refractivity contribution in [1.29, 1.82) is 0 Å². The molecule has 0 fully saturated rings. The van der Waals surface area contributed by atoms with E-state index in [2.05, 4.69) is 61.6 Å². The van der Waals surface area contributed by atoms with Gasteiger partial charge in [-0.3, -0.25) is 0 Å². The van der Waals surface area contributed by atoms with Crippen LogP contribution in [-0.4, -0.2) is 19.3 Å². The van der Waals surface area contributed by atoms with Gasteiger partial charge >= 0.3 is 0 Å². The number of ether oxygens (including phenoxy) is 2. The lowest BCUT2D eigenvalue weighted by Crippen LogP contribution is -2.25. The fourth-order valence-electron chi connectivity index (χ4n) is 2.94. The summed E-state index contributed by atoms with van der Waals surface area (Å²) in [6, 6.07) is 26.7. The molecule has 1 unspecified atom stereocenters. The van der Waals surface area contributed by atoms with Gasteiger partial charge in [0.2, 0.25) is 0 Å². The maximum absolute atomic E-state index is 6.09. The maximum Gasteiger partial charge on any atom is 0.121 e. The second-order valence-corrected chi connectivity index (χ2v) is 6.95. The summed E-state index contributed by atoms with van der Waals surface area (Å²) in [5.74, 6) is 1.80. The van der Waals surface area contributed by atoms with Crippen molar-refractivity contribution in [1.82, 2.24) is 0 Å². The first-order valence-corrected chi connectivity index (χ1v) is 9.97. The molecule has 28 heavy (non-hydrogen) atoms. The summed E-state index contributed by atoms with van der Waals surface area (Å²) < 4.78 is 12.0. The van der Waals surface area contributed by atoms with E-state index in [1.807, 2.05) is 36.4 Å². The number of anilines is 1.